The van der Waals surface area contributed by atoms with Gasteiger partial charge in [-0.25, -0.2) is 0 Å². The molecule has 2 aromatic carbocycles. The highest BCUT2D eigenvalue weighted by Crippen LogP contribution is 2.18. The molecule has 0 radical (unpaired) electrons. The minimum Gasteiger partial charge on any atom is -0.493 e. The van der Waals surface area contributed by atoms with E-state index in [0.717, 1.165) is 30.3 Å². The van der Waals surface area contributed by atoms with E-state index in [1.807, 2.05) is 36.4 Å². The second-order valence-corrected chi connectivity index (χ2v) is 5.82. The Morgan fingerprint density at radius 2 is 1.73 bits per heavy atom. The highest BCUT2D eigenvalue weighted by molar-refractivity contribution is 5.48. The second kappa shape index (κ2) is 8.32. The third-order valence-electron chi connectivity index (χ3n) is 3.14. The van der Waals surface area contributed by atoms with Crippen molar-refractivity contribution < 1.29 is 9.47 Å². The summed E-state index contributed by atoms with van der Waals surface area (Å²) in [6, 6.07) is 16.1. The smallest absolute Gasteiger partial charge is 0.121 e. The third-order valence-corrected chi connectivity index (χ3v) is 3.14. The largest absolute Gasteiger partial charge is 0.493 e. The zero-order valence-electron chi connectivity index (χ0n) is 13.6. The minimum absolute atomic E-state index is 0.527. The highest BCUT2D eigenvalue weighted by atomic mass is 16.5. The molecule has 0 amide bonds. The first-order chi connectivity index (χ1) is 10.6. The van der Waals surface area contributed by atoms with Crippen molar-refractivity contribution in [2.75, 3.05) is 25.1 Å². The summed E-state index contributed by atoms with van der Waals surface area (Å²) < 4.78 is 11.4. The van der Waals surface area contributed by atoms with Crippen LogP contribution in [0.15, 0.2) is 48.5 Å². The molecule has 0 aliphatic carbocycles. The number of nitrogens with one attached hydrogen (secondary N) is 1. The van der Waals surface area contributed by atoms with E-state index < -0.39 is 0 Å². The Balaban J connectivity index is 1.74. The Kier molecular flexibility index (Phi) is 6.13. The van der Waals surface area contributed by atoms with Crippen LogP contribution in [0.25, 0.3) is 0 Å². The van der Waals surface area contributed by atoms with Gasteiger partial charge in [0.1, 0.15) is 18.1 Å². The van der Waals surface area contributed by atoms with E-state index in [4.69, 9.17) is 9.47 Å². The molecule has 3 heteroatoms. The van der Waals surface area contributed by atoms with Crippen molar-refractivity contribution in [3.63, 3.8) is 0 Å². The van der Waals surface area contributed by atoms with Crippen LogP contribution < -0.4 is 14.8 Å². The number of hydrogen-bond acceptors (Lipinski definition) is 3. The Morgan fingerprint density at radius 1 is 0.955 bits per heavy atom. The molecule has 0 aliphatic rings. The summed E-state index contributed by atoms with van der Waals surface area (Å²) in [7, 11) is 0. The fourth-order valence-corrected chi connectivity index (χ4v) is 1.96. The third kappa shape index (κ3) is 5.68. The Morgan fingerprint density at radius 3 is 2.45 bits per heavy atom. The molecular weight excluding hydrogens is 274 g/mol. The standard InChI is InChI=1S/C19H25NO2/c1-15(2)14-22-19-6-4-5-17(13-19)20-11-12-21-18-9-7-16(3)8-10-18/h4-10,13,15,20H,11-12,14H2,1-3H3. The van der Waals surface area contributed by atoms with Crippen molar-refractivity contribution in [2.24, 2.45) is 5.92 Å². The van der Waals surface area contributed by atoms with Gasteiger partial charge < -0.3 is 14.8 Å². The fourth-order valence-electron chi connectivity index (χ4n) is 1.96. The lowest BCUT2D eigenvalue weighted by molar-refractivity contribution is 0.271. The Hall–Kier alpha value is -2.16. The quantitative estimate of drug-likeness (QED) is 0.727. The number of anilines is 1. The van der Waals surface area contributed by atoms with E-state index in [1.54, 1.807) is 0 Å². The van der Waals surface area contributed by atoms with Crippen molar-refractivity contribution in [3.05, 3.63) is 54.1 Å². The molecule has 0 fully saturated rings. The van der Waals surface area contributed by atoms with E-state index in [-0.39, 0.29) is 0 Å². The Bertz CT molecular complexity index is 564. The van der Waals surface area contributed by atoms with Gasteiger partial charge in [-0.05, 0) is 37.1 Å². The fraction of sp³-hybridized carbons (Fsp3) is 0.368. The molecule has 2 rings (SSSR count). The summed E-state index contributed by atoms with van der Waals surface area (Å²) in [6.45, 7) is 8.47. The summed E-state index contributed by atoms with van der Waals surface area (Å²) in [6.07, 6.45) is 0. The second-order valence-electron chi connectivity index (χ2n) is 5.82. The lowest BCUT2D eigenvalue weighted by Gasteiger charge is -2.12. The summed E-state index contributed by atoms with van der Waals surface area (Å²) in [5.41, 5.74) is 2.29. The van der Waals surface area contributed by atoms with Gasteiger partial charge in [0.2, 0.25) is 0 Å². The van der Waals surface area contributed by atoms with Crippen molar-refractivity contribution in [2.45, 2.75) is 20.8 Å². The van der Waals surface area contributed by atoms with E-state index in [2.05, 4.69) is 38.2 Å². The summed E-state index contributed by atoms with van der Waals surface area (Å²) in [4.78, 5) is 0. The van der Waals surface area contributed by atoms with Crippen molar-refractivity contribution >= 4 is 5.69 Å². The van der Waals surface area contributed by atoms with Gasteiger partial charge in [-0.1, -0.05) is 37.6 Å². The zero-order valence-corrected chi connectivity index (χ0v) is 13.6. The van der Waals surface area contributed by atoms with Crippen LogP contribution in [0.2, 0.25) is 0 Å². The lowest BCUT2D eigenvalue weighted by Crippen LogP contribution is -2.11. The van der Waals surface area contributed by atoms with Crippen LogP contribution in [0, 0.1) is 12.8 Å². The summed E-state index contributed by atoms with van der Waals surface area (Å²) in [5, 5.41) is 3.35. The van der Waals surface area contributed by atoms with Gasteiger partial charge in [-0.3, -0.25) is 0 Å². The first-order valence-electron chi connectivity index (χ1n) is 7.79. The van der Waals surface area contributed by atoms with Gasteiger partial charge >= 0.3 is 0 Å². The number of benzene rings is 2. The van der Waals surface area contributed by atoms with Crippen LogP contribution in [-0.4, -0.2) is 19.8 Å². The predicted octanol–water partition coefficient (Wildman–Crippen LogP) is 4.52. The molecule has 0 aromatic heterocycles. The maximum Gasteiger partial charge on any atom is 0.121 e. The van der Waals surface area contributed by atoms with Gasteiger partial charge in [0.05, 0.1) is 6.61 Å². The predicted molar refractivity (Wildman–Crippen MR) is 91.9 cm³/mol. The molecule has 2 aromatic rings. The van der Waals surface area contributed by atoms with Gasteiger partial charge in [0.15, 0.2) is 0 Å². The molecule has 0 saturated carbocycles. The minimum atomic E-state index is 0.527. The molecule has 0 spiro atoms. The number of rotatable bonds is 8. The molecule has 3 nitrogen and oxygen atoms in total. The highest BCUT2D eigenvalue weighted by Gasteiger charge is 1.99. The SMILES string of the molecule is Cc1ccc(OCCNc2cccc(OCC(C)C)c2)cc1. The van der Waals surface area contributed by atoms with Crippen LogP contribution in [-0.2, 0) is 0 Å². The monoisotopic (exact) mass is 299 g/mol. The average Bonchev–Trinajstić information content (AvgIpc) is 2.52. The molecular formula is C19H25NO2. The van der Waals surface area contributed by atoms with Crippen LogP contribution in [0.4, 0.5) is 5.69 Å². The molecule has 118 valence electrons. The molecule has 0 bridgehead atoms. The first kappa shape index (κ1) is 16.2. The first-order valence-corrected chi connectivity index (χ1v) is 7.79. The molecule has 0 aliphatic heterocycles. The van der Waals surface area contributed by atoms with Gasteiger partial charge in [0.25, 0.3) is 0 Å². The van der Waals surface area contributed by atoms with Crippen LogP contribution in [0.5, 0.6) is 11.5 Å². The van der Waals surface area contributed by atoms with Gasteiger partial charge in [-0.15, -0.1) is 0 Å². The maximum atomic E-state index is 5.72. The van der Waals surface area contributed by atoms with Crippen molar-refractivity contribution in [1.29, 1.82) is 0 Å². The molecule has 0 heterocycles. The number of aryl methyl sites for hydroxylation is 1. The van der Waals surface area contributed by atoms with E-state index in [0.29, 0.717) is 12.5 Å². The normalized spacial score (nSPS) is 10.5. The zero-order chi connectivity index (χ0) is 15.8. The average molecular weight is 299 g/mol. The van der Waals surface area contributed by atoms with E-state index in [9.17, 15) is 0 Å². The maximum absolute atomic E-state index is 5.72. The van der Waals surface area contributed by atoms with Gasteiger partial charge in [0, 0.05) is 18.3 Å². The van der Waals surface area contributed by atoms with Crippen LogP contribution >= 0.6 is 0 Å². The lowest BCUT2D eigenvalue weighted by atomic mass is 10.2. The van der Waals surface area contributed by atoms with Gasteiger partial charge in [-0.2, -0.15) is 0 Å². The molecule has 0 saturated heterocycles. The topological polar surface area (TPSA) is 30.5 Å². The number of ether oxygens (including phenoxy) is 2. The summed E-state index contributed by atoms with van der Waals surface area (Å²) in [5.74, 6) is 2.33. The van der Waals surface area contributed by atoms with Crippen LogP contribution in [0.1, 0.15) is 19.4 Å². The number of hydrogen-bond donors (Lipinski definition) is 1. The summed E-state index contributed by atoms with van der Waals surface area (Å²) >= 11 is 0. The Labute approximate surface area is 133 Å². The van der Waals surface area contributed by atoms with Crippen molar-refractivity contribution in [1.82, 2.24) is 0 Å². The molecule has 22 heavy (non-hydrogen) atoms. The molecule has 0 atom stereocenters. The van der Waals surface area contributed by atoms with Crippen LogP contribution in [0.3, 0.4) is 0 Å². The van der Waals surface area contributed by atoms with E-state index >= 15 is 0 Å². The molecule has 0 unspecified atom stereocenters. The van der Waals surface area contributed by atoms with Crippen molar-refractivity contribution in [3.8, 4) is 11.5 Å². The molecule has 1 N–H and O–H groups in total. The van der Waals surface area contributed by atoms with E-state index in [1.165, 1.54) is 5.56 Å².